The van der Waals surface area contributed by atoms with Gasteiger partial charge >= 0.3 is 13.1 Å². The maximum Gasteiger partial charge on any atom is 0.494 e. The smallest absolute Gasteiger partial charge is 0.460 e. The van der Waals surface area contributed by atoms with E-state index in [4.69, 9.17) is 14.0 Å². The fraction of sp³-hybridized carbons (Fsp3) is 0.600. The molecule has 2 aromatic rings. The summed E-state index contributed by atoms with van der Waals surface area (Å²) in [7, 11) is -0.481. The van der Waals surface area contributed by atoms with Crippen LogP contribution in [0.4, 0.5) is 0 Å². The Balaban J connectivity index is 1.98. The molecule has 7 nitrogen and oxygen atoms in total. The van der Waals surface area contributed by atoms with E-state index < -0.39 is 13.1 Å². The third-order valence-electron chi connectivity index (χ3n) is 5.99. The number of hydrogen-bond donors (Lipinski definition) is 0. The van der Waals surface area contributed by atoms with Crippen LogP contribution in [0.25, 0.3) is 11.0 Å². The monoisotopic (exact) mass is 385 g/mol. The number of benzene rings is 1. The number of rotatable bonds is 7. The highest BCUT2D eigenvalue weighted by Crippen LogP contribution is 2.46. The molecule has 0 bridgehead atoms. The molecule has 1 saturated heterocycles. The summed E-state index contributed by atoms with van der Waals surface area (Å²) in [6.07, 6.45) is 3.52. The molecule has 0 amide bonds. The highest BCUT2D eigenvalue weighted by Gasteiger charge is 2.58. The Morgan fingerprint density at radius 2 is 1.57 bits per heavy atom. The minimum Gasteiger partial charge on any atom is -0.460 e. The van der Waals surface area contributed by atoms with E-state index in [0.717, 1.165) is 31.1 Å². The highest BCUT2D eigenvalue weighted by molar-refractivity contribution is 6.62. The molecule has 0 atom stereocenters. The van der Waals surface area contributed by atoms with E-state index in [2.05, 4.69) is 42.9 Å². The third kappa shape index (κ3) is 3.29. The number of carbonyl (C=O) groups is 1. The van der Waals surface area contributed by atoms with Gasteiger partial charge in [0, 0.05) is 0 Å². The zero-order chi connectivity index (χ0) is 20.4. The minimum atomic E-state index is -0.581. The molecule has 0 unspecified atom stereocenters. The molecular weight excluding hydrogens is 357 g/mol. The topological polar surface area (TPSA) is 83.4 Å². The molecule has 28 heavy (non-hydrogen) atoms. The second-order valence-corrected chi connectivity index (χ2v) is 7.07. The molecule has 0 aliphatic carbocycles. The quantitative estimate of drug-likeness (QED) is 0.535. The van der Waals surface area contributed by atoms with Crippen molar-refractivity contribution in [1.29, 1.82) is 0 Å². The van der Waals surface area contributed by atoms with E-state index in [1.165, 1.54) is 0 Å². The first kappa shape index (κ1) is 20.7. The number of esters is 1. The first-order chi connectivity index (χ1) is 13.5. The van der Waals surface area contributed by atoms with Gasteiger partial charge < -0.3 is 14.0 Å². The average molecular weight is 385 g/mol. The van der Waals surface area contributed by atoms with Crippen molar-refractivity contribution in [2.24, 2.45) is 0 Å². The van der Waals surface area contributed by atoms with Gasteiger partial charge in [-0.2, -0.15) is 0 Å². The van der Waals surface area contributed by atoms with Crippen LogP contribution in [0.3, 0.4) is 0 Å². The van der Waals surface area contributed by atoms with Crippen molar-refractivity contribution < 1.29 is 18.8 Å². The third-order valence-corrected chi connectivity index (χ3v) is 5.99. The zero-order valence-corrected chi connectivity index (χ0v) is 17.3. The van der Waals surface area contributed by atoms with Crippen molar-refractivity contribution in [3.63, 3.8) is 0 Å². The molecule has 0 saturated carbocycles. The predicted molar refractivity (Wildman–Crippen MR) is 107 cm³/mol. The number of hydrogen-bond acceptors (Lipinski definition) is 7. The van der Waals surface area contributed by atoms with Gasteiger partial charge in [-0.25, -0.2) is 9.78 Å². The molecule has 1 aliphatic heterocycles. The largest absolute Gasteiger partial charge is 0.494 e. The van der Waals surface area contributed by atoms with Gasteiger partial charge in [-0.05, 0) is 50.2 Å². The van der Waals surface area contributed by atoms with Crippen LogP contribution in [0.1, 0.15) is 70.9 Å². The van der Waals surface area contributed by atoms with Gasteiger partial charge in [0.1, 0.15) is 5.52 Å². The molecule has 3 rings (SSSR count). The van der Waals surface area contributed by atoms with Crippen molar-refractivity contribution in [1.82, 2.24) is 15.2 Å². The molecule has 150 valence electrons. The number of fused-ring (bicyclic) bond motifs is 1. The summed E-state index contributed by atoms with van der Waals surface area (Å²) in [6.45, 7) is 10.6. The van der Waals surface area contributed by atoms with Gasteiger partial charge in [0.05, 0.1) is 23.3 Å². The van der Waals surface area contributed by atoms with E-state index in [1.807, 2.05) is 18.2 Å². The molecule has 1 aromatic carbocycles. The molecule has 2 heterocycles. The van der Waals surface area contributed by atoms with Crippen LogP contribution >= 0.6 is 0 Å². The van der Waals surface area contributed by atoms with Gasteiger partial charge in [0.25, 0.3) is 5.82 Å². The summed E-state index contributed by atoms with van der Waals surface area (Å²) in [5, 5.41) is 7.93. The van der Waals surface area contributed by atoms with Crippen molar-refractivity contribution in [3.05, 3.63) is 24.0 Å². The first-order valence-corrected chi connectivity index (χ1v) is 10.1. The highest BCUT2D eigenvalue weighted by atomic mass is 16.7. The van der Waals surface area contributed by atoms with E-state index in [1.54, 1.807) is 6.92 Å². The Hall–Kier alpha value is -2.06. The summed E-state index contributed by atoms with van der Waals surface area (Å²) in [5.41, 5.74) is 1.38. The van der Waals surface area contributed by atoms with Gasteiger partial charge in [-0.1, -0.05) is 33.8 Å². The van der Waals surface area contributed by atoms with Crippen molar-refractivity contribution >= 4 is 29.6 Å². The van der Waals surface area contributed by atoms with Crippen LogP contribution in [0.15, 0.2) is 18.2 Å². The minimum absolute atomic E-state index is 0.0484. The number of ether oxygens (including phenoxy) is 1. The molecule has 0 N–H and O–H groups in total. The second-order valence-electron chi connectivity index (χ2n) is 7.07. The van der Waals surface area contributed by atoms with E-state index in [9.17, 15) is 4.79 Å². The summed E-state index contributed by atoms with van der Waals surface area (Å²) in [5.74, 6) is -0.629. The maximum absolute atomic E-state index is 11.9. The summed E-state index contributed by atoms with van der Waals surface area (Å²) in [4.78, 5) is 16.2. The van der Waals surface area contributed by atoms with Crippen LogP contribution in [-0.4, -0.2) is 46.1 Å². The van der Waals surface area contributed by atoms with E-state index in [-0.39, 0.29) is 23.6 Å². The van der Waals surface area contributed by atoms with Crippen LogP contribution in [0.2, 0.25) is 0 Å². The Bertz CT molecular complexity index is 832. The van der Waals surface area contributed by atoms with Gasteiger partial charge in [0.15, 0.2) is 0 Å². The number of carbonyl (C=O) groups excluding carboxylic acids is 1. The van der Waals surface area contributed by atoms with Crippen molar-refractivity contribution in [3.8, 4) is 0 Å². The Morgan fingerprint density at radius 3 is 2.11 bits per heavy atom. The van der Waals surface area contributed by atoms with Crippen LogP contribution in [-0.2, 0) is 14.0 Å². The van der Waals surface area contributed by atoms with Gasteiger partial charge in [-0.15, -0.1) is 10.2 Å². The van der Waals surface area contributed by atoms with E-state index in [0.29, 0.717) is 11.0 Å². The van der Waals surface area contributed by atoms with Crippen molar-refractivity contribution in [2.75, 3.05) is 6.61 Å². The summed E-state index contributed by atoms with van der Waals surface area (Å²) < 4.78 is 18.0. The van der Waals surface area contributed by atoms with Crippen LogP contribution < -0.4 is 5.46 Å². The summed E-state index contributed by atoms with van der Waals surface area (Å²) >= 11 is 0. The predicted octanol–water partition coefficient (Wildman–Crippen LogP) is 3.06. The van der Waals surface area contributed by atoms with Gasteiger partial charge in [0.2, 0.25) is 0 Å². The normalized spacial score (nSPS) is 17.8. The van der Waals surface area contributed by atoms with E-state index >= 15 is 0 Å². The standard InChI is InChI=1S/C20H28BN3O4/c1-6-19(7-2)20(8-3,9-4)28-21(27-19)14-11-12-15-16(13-14)22-17(24-23-15)18(25)26-10-5/h11-13H,6-10H2,1-5H3. The fourth-order valence-corrected chi connectivity index (χ4v) is 4.29. The molecule has 0 radical (unpaired) electrons. The summed E-state index contributed by atoms with van der Waals surface area (Å²) in [6, 6.07) is 5.60. The Morgan fingerprint density at radius 1 is 0.964 bits per heavy atom. The maximum atomic E-state index is 11.9. The lowest BCUT2D eigenvalue weighted by Crippen LogP contribution is -2.50. The molecule has 8 heteroatoms. The zero-order valence-electron chi connectivity index (χ0n) is 17.3. The number of nitrogens with zero attached hydrogens (tertiary/aromatic N) is 3. The average Bonchev–Trinajstić information content (AvgIpc) is 3.08. The van der Waals surface area contributed by atoms with Crippen LogP contribution in [0.5, 0.6) is 0 Å². The Kier molecular flexibility index (Phi) is 6.00. The SMILES string of the molecule is CCOC(=O)c1nnc2ccc(B3OC(CC)(CC)C(CC)(CC)O3)cc2n1. The van der Waals surface area contributed by atoms with Crippen LogP contribution in [0, 0.1) is 0 Å². The fourth-order valence-electron chi connectivity index (χ4n) is 4.29. The lowest BCUT2D eigenvalue weighted by Gasteiger charge is -2.42. The first-order valence-electron chi connectivity index (χ1n) is 10.1. The molecule has 0 spiro atoms. The lowest BCUT2D eigenvalue weighted by molar-refractivity contribution is -0.0601. The molecule has 1 aliphatic rings. The van der Waals surface area contributed by atoms with Gasteiger partial charge in [-0.3, -0.25) is 0 Å². The second kappa shape index (κ2) is 8.13. The Labute approximate surface area is 166 Å². The molecule has 1 aromatic heterocycles. The number of aromatic nitrogens is 3. The van der Waals surface area contributed by atoms with Crippen molar-refractivity contribution in [2.45, 2.75) is 71.5 Å². The molecule has 1 fully saturated rings. The lowest BCUT2D eigenvalue weighted by atomic mass is 9.75. The molecular formula is C20H28BN3O4.